The van der Waals surface area contributed by atoms with Gasteiger partial charge in [-0.25, -0.2) is 13.2 Å². The molecule has 28 heavy (non-hydrogen) atoms. The zero-order valence-corrected chi connectivity index (χ0v) is 17.5. The van der Waals surface area contributed by atoms with E-state index in [0.717, 1.165) is 23.1 Å². The lowest BCUT2D eigenvalue weighted by Gasteiger charge is -2.26. The van der Waals surface area contributed by atoms with Crippen LogP contribution in [0.25, 0.3) is 0 Å². The smallest absolute Gasteiger partial charge is 0.410 e. The van der Waals surface area contributed by atoms with E-state index in [9.17, 15) is 13.2 Å². The number of hydrogen-bond acceptors (Lipinski definition) is 4. The molecule has 0 unspecified atom stereocenters. The van der Waals surface area contributed by atoms with Gasteiger partial charge in [0.2, 0.25) is 0 Å². The van der Waals surface area contributed by atoms with Crippen molar-refractivity contribution in [3.8, 4) is 0 Å². The molecule has 0 radical (unpaired) electrons. The van der Waals surface area contributed by atoms with Crippen molar-refractivity contribution in [1.82, 2.24) is 4.90 Å². The fourth-order valence-corrected chi connectivity index (χ4v) is 4.66. The van der Waals surface area contributed by atoms with Crippen molar-refractivity contribution in [1.29, 1.82) is 0 Å². The number of hydrogen-bond donors (Lipinski definition) is 0. The van der Waals surface area contributed by atoms with Crippen molar-refractivity contribution >= 4 is 15.9 Å². The largest absolute Gasteiger partial charge is 0.444 e. The summed E-state index contributed by atoms with van der Waals surface area (Å²) in [4.78, 5) is 14.4. The topological polar surface area (TPSA) is 63.7 Å². The molecule has 0 spiro atoms. The van der Waals surface area contributed by atoms with E-state index in [-0.39, 0.29) is 11.8 Å². The maximum Gasteiger partial charge on any atom is 0.410 e. The highest BCUT2D eigenvalue weighted by Gasteiger charge is 2.24. The zero-order valence-electron chi connectivity index (χ0n) is 16.6. The van der Waals surface area contributed by atoms with E-state index in [1.54, 1.807) is 35.2 Å². The summed E-state index contributed by atoms with van der Waals surface area (Å²) in [6.45, 7) is 6.74. The lowest BCUT2D eigenvalue weighted by atomic mass is 10.0. The number of benzene rings is 2. The second-order valence-electron chi connectivity index (χ2n) is 8.14. The van der Waals surface area contributed by atoms with Crippen LogP contribution in [0, 0.1) is 0 Å². The summed E-state index contributed by atoms with van der Waals surface area (Å²) in [5, 5.41) is 0. The lowest BCUT2D eigenvalue weighted by Crippen LogP contribution is -2.38. The van der Waals surface area contributed by atoms with Crippen LogP contribution >= 0.6 is 0 Å². The Labute approximate surface area is 167 Å². The molecule has 0 saturated carbocycles. The Morgan fingerprint density at radius 1 is 1.00 bits per heavy atom. The molecule has 6 heteroatoms. The van der Waals surface area contributed by atoms with Crippen LogP contribution in [-0.2, 0) is 33.2 Å². The van der Waals surface area contributed by atoms with Crippen molar-refractivity contribution in [3.05, 3.63) is 65.2 Å². The highest BCUT2D eigenvalue weighted by atomic mass is 32.2. The predicted octanol–water partition coefficient (Wildman–Crippen LogP) is 4.00. The molecule has 0 saturated heterocycles. The summed E-state index contributed by atoms with van der Waals surface area (Å²) in [6.07, 6.45) is 1.13. The minimum atomic E-state index is -3.38. The molecule has 1 aliphatic heterocycles. The quantitative estimate of drug-likeness (QED) is 0.780. The molecule has 1 heterocycles. The fraction of sp³-hybridized carbons (Fsp3) is 0.409. The third-order valence-corrected chi connectivity index (χ3v) is 6.39. The van der Waals surface area contributed by atoms with Crippen molar-refractivity contribution in [2.45, 2.75) is 49.9 Å². The first-order valence-corrected chi connectivity index (χ1v) is 11.2. The van der Waals surface area contributed by atoms with E-state index in [2.05, 4.69) is 0 Å². The number of fused-ring (bicyclic) bond motifs is 1. The summed E-state index contributed by atoms with van der Waals surface area (Å²) in [6, 6.07) is 14.3. The number of ether oxygens (including phenoxy) is 1. The second-order valence-corrected chi connectivity index (χ2v) is 10.1. The number of carbonyl (C=O) groups excluding carboxylic acids is 1. The van der Waals surface area contributed by atoms with Crippen molar-refractivity contribution in [2.75, 3.05) is 13.1 Å². The molecule has 1 aliphatic rings. The molecule has 3 rings (SSSR count). The summed E-state index contributed by atoms with van der Waals surface area (Å²) in [7, 11) is -3.38. The molecule has 2 aromatic carbocycles. The average molecular weight is 402 g/mol. The summed E-state index contributed by atoms with van der Waals surface area (Å²) in [5.41, 5.74) is 2.52. The first-order valence-electron chi connectivity index (χ1n) is 9.50. The van der Waals surface area contributed by atoms with Gasteiger partial charge in [-0.3, -0.25) is 0 Å². The van der Waals surface area contributed by atoms with Crippen LogP contribution < -0.4 is 0 Å². The third kappa shape index (κ3) is 5.13. The van der Waals surface area contributed by atoms with Crippen LogP contribution in [0.5, 0.6) is 0 Å². The van der Waals surface area contributed by atoms with Gasteiger partial charge >= 0.3 is 6.09 Å². The molecule has 0 aliphatic carbocycles. The summed E-state index contributed by atoms with van der Waals surface area (Å²) >= 11 is 0. The molecular weight excluding hydrogens is 374 g/mol. The first kappa shape index (κ1) is 20.4. The standard InChI is InChI=1S/C22H27NO4S/c1-22(2,3)27-21(24)23-13-11-18-10-9-17(15-19(18)12-14-23)16-28(25,26)20-7-5-4-6-8-20/h4-10,15H,11-14,16H2,1-3H3. The lowest BCUT2D eigenvalue weighted by molar-refractivity contribution is 0.0258. The molecule has 0 N–H and O–H groups in total. The van der Waals surface area contributed by atoms with Gasteiger partial charge in [-0.05, 0) is 62.4 Å². The monoisotopic (exact) mass is 401 g/mol. The molecule has 0 fully saturated rings. The van der Waals surface area contributed by atoms with E-state index in [1.165, 1.54) is 0 Å². The van der Waals surface area contributed by atoms with Gasteiger partial charge in [-0.2, -0.15) is 0 Å². The van der Waals surface area contributed by atoms with Gasteiger partial charge in [-0.1, -0.05) is 36.4 Å². The van der Waals surface area contributed by atoms with Crippen molar-refractivity contribution in [2.24, 2.45) is 0 Å². The summed E-state index contributed by atoms with van der Waals surface area (Å²) < 4.78 is 30.8. The Morgan fingerprint density at radius 2 is 1.64 bits per heavy atom. The highest BCUT2D eigenvalue weighted by molar-refractivity contribution is 7.90. The van der Waals surface area contributed by atoms with Gasteiger partial charge in [0.1, 0.15) is 5.60 Å². The van der Waals surface area contributed by atoms with Crippen LogP contribution in [0.15, 0.2) is 53.4 Å². The van der Waals surface area contributed by atoms with Crippen molar-refractivity contribution in [3.63, 3.8) is 0 Å². The molecule has 1 amide bonds. The second kappa shape index (κ2) is 7.95. The minimum Gasteiger partial charge on any atom is -0.444 e. The maximum absolute atomic E-state index is 12.6. The van der Waals surface area contributed by atoms with Gasteiger partial charge in [0, 0.05) is 13.1 Å². The fourth-order valence-electron chi connectivity index (χ4n) is 3.31. The van der Waals surface area contributed by atoms with Crippen molar-refractivity contribution < 1.29 is 17.9 Å². The van der Waals surface area contributed by atoms with E-state index in [0.29, 0.717) is 24.4 Å². The average Bonchev–Trinajstić information content (AvgIpc) is 2.83. The number of amides is 1. The van der Waals surface area contributed by atoms with Gasteiger partial charge < -0.3 is 9.64 Å². The van der Waals surface area contributed by atoms with Crippen LogP contribution in [0.2, 0.25) is 0 Å². The van der Waals surface area contributed by atoms with E-state index in [4.69, 9.17) is 4.74 Å². The van der Waals surface area contributed by atoms with Crippen LogP contribution in [0.1, 0.15) is 37.5 Å². The third-order valence-electron chi connectivity index (χ3n) is 4.68. The Kier molecular flexibility index (Phi) is 5.79. The normalized spacial score (nSPS) is 14.9. The molecule has 0 atom stereocenters. The van der Waals surface area contributed by atoms with E-state index in [1.807, 2.05) is 39.0 Å². The van der Waals surface area contributed by atoms with Crippen LogP contribution in [0.4, 0.5) is 4.79 Å². The van der Waals surface area contributed by atoms with E-state index >= 15 is 0 Å². The molecule has 150 valence electrons. The summed E-state index contributed by atoms with van der Waals surface area (Å²) in [5.74, 6) is -0.0277. The zero-order chi connectivity index (χ0) is 20.4. The van der Waals surface area contributed by atoms with Gasteiger partial charge in [0.05, 0.1) is 10.6 Å². The molecular formula is C22H27NO4S. The Balaban J connectivity index is 1.73. The number of rotatable bonds is 3. The Morgan fingerprint density at radius 3 is 2.29 bits per heavy atom. The number of nitrogens with zero attached hydrogens (tertiary/aromatic N) is 1. The maximum atomic E-state index is 12.6. The van der Waals surface area contributed by atoms with Gasteiger partial charge in [-0.15, -0.1) is 0 Å². The number of carbonyl (C=O) groups is 1. The predicted molar refractivity (Wildman–Crippen MR) is 109 cm³/mol. The SMILES string of the molecule is CC(C)(C)OC(=O)N1CCc2ccc(CS(=O)(=O)c3ccccc3)cc2CC1. The minimum absolute atomic E-state index is 0.0277. The molecule has 2 aromatic rings. The molecule has 0 bridgehead atoms. The van der Waals surface area contributed by atoms with Gasteiger partial charge in [0.15, 0.2) is 9.84 Å². The van der Waals surface area contributed by atoms with Gasteiger partial charge in [0.25, 0.3) is 0 Å². The first-order chi connectivity index (χ1) is 13.1. The van der Waals surface area contributed by atoms with Crippen LogP contribution in [0.3, 0.4) is 0 Å². The number of sulfone groups is 1. The highest BCUT2D eigenvalue weighted by Crippen LogP contribution is 2.22. The Bertz CT molecular complexity index is 946. The van der Waals surface area contributed by atoms with E-state index < -0.39 is 15.4 Å². The van der Waals surface area contributed by atoms with Crippen LogP contribution in [-0.4, -0.2) is 38.1 Å². The molecule has 5 nitrogen and oxygen atoms in total. The molecule has 0 aromatic heterocycles. The Hall–Kier alpha value is -2.34.